The molecule has 1 aliphatic heterocycles. The summed E-state index contributed by atoms with van der Waals surface area (Å²) >= 11 is 0. The predicted octanol–water partition coefficient (Wildman–Crippen LogP) is 6.82. The number of ether oxygens (including phenoxy) is 1. The summed E-state index contributed by atoms with van der Waals surface area (Å²) in [7, 11) is 0. The molecule has 3 heteroatoms. The first-order valence-electron chi connectivity index (χ1n) is 11.2. The van der Waals surface area contributed by atoms with Crippen LogP contribution >= 0.6 is 0 Å². The summed E-state index contributed by atoms with van der Waals surface area (Å²) in [5, 5.41) is 1.00. The van der Waals surface area contributed by atoms with E-state index < -0.39 is 0 Å². The van der Waals surface area contributed by atoms with Gasteiger partial charge in [-0.15, -0.1) is 0 Å². The van der Waals surface area contributed by atoms with Crippen LogP contribution in [0.3, 0.4) is 0 Å². The lowest BCUT2D eigenvalue weighted by Gasteiger charge is -2.44. The van der Waals surface area contributed by atoms with Crippen molar-refractivity contribution in [3.8, 4) is 5.75 Å². The van der Waals surface area contributed by atoms with Gasteiger partial charge in [0.2, 0.25) is 0 Å². The van der Waals surface area contributed by atoms with Crippen LogP contribution in [0.15, 0.2) is 27.4 Å². The Balaban J connectivity index is 1.77. The van der Waals surface area contributed by atoms with Crippen molar-refractivity contribution in [1.29, 1.82) is 0 Å². The summed E-state index contributed by atoms with van der Waals surface area (Å²) < 4.78 is 12.4. The molecule has 1 aliphatic carbocycles. The second-order valence-corrected chi connectivity index (χ2v) is 10.1. The third-order valence-electron chi connectivity index (χ3n) is 7.03. The molecule has 0 saturated heterocycles. The Kier molecular flexibility index (Phi) is 5.13. The summed E-state index contributed by atoms with van der Waals surface area (Å²) in [6, 6.07) is 3.66. The van der Waals surface area contributed by atoms with E-state index in [1.807, 2.05) is 6.07 Å². The molecule has 1 saturated carbocycles. The Bertz CT molecular complexity index is 995. The second kappa shape index (κ2) is 7.34. The molecule has 29 heavy (non-hydrogen) atoms. The minimum absolute atomic E-state index is 0.229. The fraction of sp³-hybridized carbons (Fsp3) is 0.577. The number of unbranched alkanes of at least 4 members (excludes halogenated alkanes) is 1. The van der Waals surface area contributed by atoms with Gasteiger partial charge >= 0.3 is 5.63 Å². The number of aryl methyl sites for hydroxylation is 2. The highest BCUT2D eigenvalue weighted by atomic mass is 16.5. The zero-order valence-corrected chi connectivity index (χ0v) is 18.6. The number of hydrogen-bond acceptors (Lipinski definition) is 3. The van der Waals surface area contributed by atoms with E-state index in [1.165, 1.54) is 12.8 Å². The fourth-order valence-corrected chi connectivity index (χ4v) is 5.10. The van der Waals surface area contributed by atoms with Gasteiger partial charge in [0.25, 0.3) is 0 Å². The van der Waals surface area contributed by atoms with E-state index in [1.54, 1.807) is 6.07 Å². The molecule has 0 amide bonds. The van der Waals surface area contributed by atoms with E-state index in [0.717, 1.165) is 65.8 Å². The maximum absolute atomic E-state index is 12.2. The van der Waals surface area contributed by atoms with Gasteiger partial charge in [0.15, 0.2) is 0 Å². The van der Waals surface area contributed by atoms with Crippen molar-refractivity contribution >= 4 is 17.0 Å². The van der Waals surface area contributed by atoms with Gasteiger partial charge in [-0.2, -0.15) is 0 Å². The zero-order chi connectivity index (χ0) is 20.8. The van der Waals surface area contributed by atoms with Crippen LogP contribution in [0.1, 0.15) is 82.9 Å². The first-order chi connectivity index (χ1) is 13.7. The fourth-order valence-electron chi connectivity index (χ4n) is 5.10. The van der Waals surface area contributed by atoms with E-state index >= 15 is 0 Å². The first-order valence-corrected chi connectivity index (χ1v) is 11.2. The van der Waals surface area contributed by atoms with Crippen molar-refractivity contribution in [3.05, 3.63) is 45.3 Å². The van der Waals surface area contributed by atoms with Crippen molar-refractivity contribution in [2.45, 2.75) is 85.2 Å². The van der Waals surface area contributed by atoms with Crippen LogP contribution in [0.2, 0.25) is 0 Å². The third-order valence-corrected chi connectivity index (χ3v) is 7.03. The van der Waals surface area contributed by atoms with Crippen molar-refractivity contribution in [2.75, 3.05) is 0 Å². The summed E-state index contributed by atoms with van der Waals surface area (Å²) in [6.45, 7) is 11.3. The molecule has 0 atom stereocenters. The van der Waals surface area contributed by atoms with Gasteiger partial charge in [0, 0.05) is 11.6 Å². The number of hydrogen-bond donors (Lipinski definition) is 0. The van der Waals surface area contributed by atoms with Crippen LogP contribution in [0.4, 0.5) is 0 Å². The Morgan fingerprint density at radius 1 is 1.17 bits per heavy atom. The van der Waals surface area contributed by atoms with E-state index in [2.05, 4.69) is 46.8 Å². The van der Waals surface area contributed by atoms with E-state index in [-0.39, 0.29) is 11.2 Å². The molecular weight excluding hydrogens is 360 g/mol. The van der Waals surface area contributed by atoms with E-state index in [9.17, 15) is 4.79 Å². The van der Waals surface area contributed by atoms with Gasteiger partial charge in [0.05, 0.1) is 5.39 Å². The van der Waals surface area contributed by atoms with Crippen LogP contribution in [0.25, 0.3) is 17.0 Å². The van der Waals surface area contributed by atoms with Crippen molar-refractivity contribution in [3.63, 3.8) is 0 Å². The highest BCUT2D eigenvalue weighted by Crippen LogP contribution is 2.48. The lowest BCUT2D eigenvalue weighted by Crippen LogP contribution is -2.42. The van der Waals surface area contributed by atoms with Crippen LogP contribution in [-0.2, 0) is 6.42 Å². The minimum atomic E-state index is -0.269. The number of rotatable bonds is 3. The van der Waals surface area contributed by atoms with Crippen LogP contribution in [0.5, 0.6) is 5.75 Å². The monoisotopic (exact) mass is 394 g/mol. The molecule has 1 aromatic carbocycles. The summed E-state index contributed by atoms with van der Waals surface area (Å²) in [6.07, 6.45) is 12.0. The van der Waals surface area contributed by atoms with Gasteiger partial charge in [-0.3, -0.25) is 0 Å². The maximum Gasteiger partial charge on any atom is 0.336 e. The summed E-state index contributed by atoms with van der Waals surface area (Å²) in [4.78, 5) is 12.2. The summed E-state index contributed by atoms with van der Waals surface area (Å²) in [5.41, 5.74) is 3.79. The molecule has 4 rings (SSSR count). The standard InChI is InChI=1S/C26H34O3/c1-6-7-8-18-16-22(27)28-21-15-17(2)20-11-14-26(29-24(20)23(18)21)12-9-19(10-13-26)25(3,4)5/h11,14-16,19H,6-10,12-13H2,1-5H3. The zero-order valence-electron chi connectivity index (χ0n) is 18.6. The van der Waals surface area contributed by atoms with Crippen LogP contribution in [-0.4, -0.2) is 5.60 Å². The van der Waals surface area contributed by atoms with Gasteiger partial charge in [-0.05, 0) is 80.1 Å². The average molecular weight is 395 g/mol. The average Bonchev–Trinajstić information content (AvgIpc) is 2.65. The van der Waals surface area contributed by atoms with Crippen molar-refractivity contribution < 1.29 is 9.15 Å². The molecule has 2 aliphatic rings. The van der Waals surface area contributed by atoms with Gasteiger partial charge in [-0.25, -0.2) is 4.79 Å². The van der Waals surface area contributed by atoms with Crippen molar-refractivity contribution in [1.82, 2.24) is 0 Å². The van der Waals surface area contributed by atoms with Crippen LogP contribution < -0.4 is 10.4 Å². The normalized spacial score (nSPS) is 24.0. The number of benzene rings is 1. The Hall–Kier alpha value is -2.03. The molecule has 3 nitrogen and oxygen atoms in total. The smallest absolute Gasteiger partial charge is 0.336 e. The number of fused-ring (bicyclic) bond motifs is 3. The highest BCUT2D eigenvalue weighted by Gasteiger charge is 2.41. The highest BCUT2D eigenvalue weighted by molar-refractivity contribution is 5.92. The quantitative estimate of drug-likeness (QED) is 0.536. The van der Waals surface area contributed by atoms with E-state index in [4.69, 9.17) is 9.15 Å². The minimum Gasteiger partial charge on any atom is -0.482 e. The second-order valence-electron chi connectivity index (χ2n) is 10.1. The largest absolute Gasteiger partial charge is 0.482 e. The molecule has 0 bridgehead atoms. The Morgan fingerprint density at radius 3 is 2.55 bits per heavy atom. The molecule has 1 fully saturated rings. The predicted molar refractivity (Wildman–Crippen MR) is 120 cm³/mol. The molecule has 1 spiro atoms. The first kappa shape index (κ1) is 20.3. The van der Waals surface area contributed by atoms with Gasteiger partial charge in [-0.1, -0.05) is 40.2 Å². The molecule has 0 N–H and O–H groups in total. The SMILES string of the molecule is CCCCc1cc(=O)oc2cc(C)c3c(c12)OC1(C=C3)CCC(C(C)(C)C)CC1. The lowest BCUT2D eigenvalue weighted by atomic mass is 9.68. The molecule has 2 aromatic rings. The topological polar surface area (TPSA) is 39.4 Å². The van der Waals surface area contributed by atoms with E-state index in [0.29, 0.717) is 11.0 Å². The van der Waals surface area contributed by atoms with Gasteiger partial charge in [0.1, 0.15) is 16.9 Å². The molecular formula is C26H34O3. The van der Waals surface area contributed by atoms with Crippen LogP contribution in [0, 0.1) is 18.3 Å². The molecule has 1 aromatic heterocycles. The molecule has 0 radical (unpaired) electrons. The third kappa shape index (κ3) is 3.76. The van der Waals surface area contributed by atoms with Crippen molar-refractivity contribution in [2.24, 2.45) is 11.3 Å². The Labute approximate surface area is 174 Å². The maximum atomic E-state index is 12.2. The van der Waals surface area contributed by atoms with Gasteiger partial charge < -0.3 is 9.15 Å². The summed E-state index contributed by atoms with van der Waals surface area (Å²) in [5.74, 6) is 1.66. The molecule has 156 valence electrons. The molecule has 2 heterocycles. The Morgan fingerprint density at radius 2 is 1.90 bits per heavy atom. The lowest BCUT2D eigenvalue weighted by molar-refractivity contribution is 0.0332. The molecule has 0 unspecified atom stereocenters.